The molecular weight excluding hydrogens is 543 g/mol. The van der Waals surface area contributed by atoms with Gasteiger partial charge in [0.05, 0.1) is 23.7 Å². The molecule has 0 spiro atoms. The first kappa shape index (κ1) is 27.7. The summed E-state index contributed by atoms with van der Waals surface area (Å²) in [6, 6.07) is 13.1. The highest BCUT2D eigenvalue weighted by molar-refractivity contribution is 7.88. The molecule has 0 unspecified atom stereocenters. The Balaban J connectivity index is 1.36. The second-order valence-corrected chi connectivity index (χ2v) is 12.2. The van der Waals surface area contributed by atoms with Crippen molar-refractivity contribution in [3.05, 3.63) is 75.7 Å². The van der Waals surface area contributed by atoms with Crippen LogP contribution in [0, 0.1) is 0 Å². The molecule has 2 aliphatic rings. The van der Waals surface area contributed by atoms with E-state index in [1.807, 2.05) is 4.90 Å². The van der Waals surface area contributed by atoms with E-state index in [0.717, 1.165) is 25.7 Å². The van der Waals surface area contributed by atoms with Crippen molar-refractivity contribution in [3.8, 4) is 11.4 Å². The van der Waals surface area contributed by atoms with E-state index in [4.69, 9.17) is 16.3 Å². The number of rotatable bonds is 8. The number of aromatic nitrogens is 2. The van der Waals surface area contributed by atoms with Crippen molar-refractivity contribution in [3.63, 3.8) is 0 Å². The molecule has 0 radical (unpaired) electrons. The van der Waals surface area contributed by atoms with Gasteiger partial charge in [-0.2, -0.15) is 14.1 Å². The van der Waals surface area contributed by atoms with Crippen LogP contribution in [0.2, 0.25) is 5.02 Å². The molecule has 2 N–H and O–H groups in total. The van der Waals surface area contributed by atoms with Gasteiger partial charge in [-0.25, -0.2) is 8.42 Å². The molecule has 13 heteroatoms. The third kappa shape index (κ3) is 6.31. The third-order valence-electron chi connectivity index (χ3n) is 7.13. The Morgan fingerprint density at radius 1 is 1.03 bits per heavy atom. The van der Waals surface area contributed by atoms with Crippen LogP contribution >= 0.6 is 11.6 Å². The average molecular weight is 573 g/mol. The minimum absolute atomic E-state index is 0.0541. The predicted molar refractivity (Wildman–Crippen MR) is 150 cm³/mol. The van der Waals surface area contributed by atoms with Gasteiger partial charge >= 0.3 is 12.7 Å². The topological polar surface area (TPSA) is 125 Å². The maximum atomic E-state index is 13.6. The number of halogens is 1. The van der Waals surface area contributed by atoms with Crippen LogP contribution in [-0.4, -0.2) is 72.0 Å². The lowest BCUT2D eigenvalue weighted by Gasteiger charge is -2.36. The number of ether oxygens (including phenoxy) is 1. The van der Waals surface area contributed by atoms with E-state index in [-0.39, 0.29) is 41.7 Å². The van der Waals surface area contributed by atoms with Crippen LogP contribution in [0.25, 0.3) is 5.69 Å². The number of benzene rings is 2. The van der Waals surface area contributed by atoms with Gasteiger partial charge in [0, 0.05) is 31.2 Å². The van der Waals surface area contributed by atoms with Gasteiger partial charge in [0.2, 0.25) is 15.8 Å². The van der Waals surface area contributed by atoms with E-state index in [9.17, 15) is 23.3 Å². The summed E-state index contributed by atoms with van der Waals surface area (Å²) in [5, 5.41) is 23.7. The molecule has 0 atom stereocenters. The van der Waals surface area contributed by atoms with Crippen LogP contribution in [0.4, 0.5) is 5.69 Å². The molecule has 206 valence electrons. The van der Waals surface area contributed by atoms with Crippen molar-refractivity contribution < 1.29 is 23.2 Å². The quantitative estimate of drug-likeness (QED) is 0.390. The minimum Gasteiger partial charge on any atom is -0.483 e. The van der Waals surface area contributed by atoms with Crippen molar-refractivity contribution in [2.24, 2.45) is 0 Å². The van der Waals surface area contributed by atoms with E-state index in [1.54, 1.807) is 42.6 Å². The van der Waals surface area contributed by atoms with Gasteiger partial charge < -0.3 is 19.7 Å². The smallest absolute Gasteiger partial charge is 0.483 e. The molecule has 1 aromatic heterocycles. The van der Waals surface area contributed by atoms with Crippen LogP contribution in [-0.2, 0) is 15.8 Å². The normalized spacial score (nSPS) is 16.9. The Bertz CT molecular complexity index is 1490. The molecule has 2 aromatic carbocycles. The monoisotopic (exact) mass is 572 g/mol. The van der Waals surface area contributed by atoms with Crippen LogP contribution < -0.4 is 20.7 Å². The molecule has 1 aliphatic carbocycles. The highest BCUT2D eigenvalue weighted by atomic mass is 35.5. The van der Waals surface area contributed by atoms with Crippen LogP contribution in [0.5, 0.6) is 5.75 Å². The number of sulfonamides is 1. The average Bonchev–Trinajstić information content (AvgIpc) is 3.43. The summed E-state index contributed by atoms with van der Waals surface area (Å²) in [4.78, 5) is 15.5. The minimum atomic E-state index is -3.65. The van der Waals surface area contributed by atoms with Gasteiger partial charge in [-0.05, 0) is 54.9 Å². The number of anilines is 1. The Kier molecular flexibility index (Phi) is 8.29. The molecule has 2 fully saturated rings. The molecule has 1 aliphatic heterocycles. The summed E-state index contributed by atoms with van der Waals surface area (Å²) < 4.78 is 35.2. The molecule has 10 nitrogen and oxygen atoms in total. The first-order valence-corrected chi connectivity index (χ1v) is 14.9. The second-order valence-electron chi connectivity index (χ2n) is 9.84. The molecule has 3 aromatic rings. The number of nitrogens with zero attached hydrogens (tertiary/aromatic N) is 4. The summed E-state index contributed by atoms with van der Waals surface area (Å²) in [6.07, 6.45) is 5.39. The van der Waals surface area contributed by atoms with Gasteiger partial charge in [0.15, 0.2) is 0 Å². The Morgan fingerprint density at radius 2 is 1.74 bits per heavy atom. The molecule has 1 saturated carbocycles. The highest BCUT2D eigenvalue weighted by Crippen LogP contribution is 2.30. The van der Waals surface area contributed by atoms with Gasteiger partial charge in [0.25, 0.3) is 0 Å². The van der Waals surface area contributed by atoms with Crippen molar-refractivity contribution in [1.29, 1.82) is 0 Å². The SMILES string of the molecule is O=c1c(OC2CCCC2)c(N2CCN(S(=O)(=O)Cc3cccc(B(O)O)c3)CC2)cnn1-c1cccc(Cl)c1. The zero-order chi connectivity index (χ0) is 27.6. The third-order valence-corrected chi connectivity index (χ3v) is 9.21. The van der Waals surface area contributed by atoms with E-state index in [2.05, 4.69) is 5.10 Å². The lowest BCUT2D eigenvalue weighted by molar-refractivity contribution is 0.205. The van der Waals surface area contributed by atoms with E-state index in [1.165, 1.54) is 21.1 Å². The Labute approximate surface area is 232 Å². The van der Waals surface area contributed by atoms with E-state index >= 15 is 0 Å². The maximum absolute atomic E-state index is 13.6. The standard InChI is InChI=1S/C26H30BClN4O6S/c28-21-7-4-8-22(16-21)32-26(33)25(38-23-9-1-2-10-23)24(17-29-32)30-11-13-31(14-12-30)39(36,37)18-19-5-3-6-20(15-19)27(34)35/h3-8,15-17,23,34-35H,1-2,9-14,18H2. The van der Waals surface area contributed by atoms with Gasteiger partial charge in [-0.15, -0.1) is 0 Å². The van der Waals surface area contributed by atoms with Crippen molar-refractivity contribution in [2.45, 2.75) is 37.5 Å². The Hall–Kier alpha value is -2.90. The molecule has 0 bridgehead atoms. The fraction of sp³-hybridized carbons (Fsp3) is 0.385. The van der Waals surface area contributed by atoms with Gasteiger partial charge in [-0.1, -0.05) is 41.9 Å². The molecule has 5 rings (SSSR count). The molecule has 1 saturated heterocycles. The predicted octanol–water partition coefficient (Wildman–Crippen LogP) is 1.54. The zero-order valence-corrected chi connectivity index (χ0v) is 22.9. The number of hydrogen-bond acceptors (Lipinski definition) is 8. The van der Waals surface area contributed by atoms with Crippen molar-refractivity contribution in [1.82, 2.24) is 14.1 Å². The number of hydrogen-bond donors (Lipinski definition) is 2. The van der Waals surface area contributed by atoms with Crippen LogP contribution in [0.3, 0.4) is 0 Å². The number of piperazine rings is 1. The Morgan fingerprint density at radius 3 is 2.44 bits per heavy atom. The van der Waals surface area contributed by atoms with E-state index < -0.39 is 17.1 Å². The summed E-state index contributed by atoms with van der Waals surface area (Å²) in [5.41, 5.74) is 1.41. The molecule has 39 heavy (non-hydrogen) atoms. The van der Waals surface area contributed by atoms with Crippen molar-refractivity contribution in [2.75, 3.05) is 31.1 Å². The van der Waals surface area contributed by atoms with E-state index in [0.29, 0.717) is 35.1 Å². The van der Waals surface area contributed by atoms with Crippen molar-refractivity contribution >= 4 is 39.9 Å². The summed E-state index contributed by atoms with van der Waals surface area (Å²) in [5.74, 6) is -0.0338. The fourth-order valence-electron chi connectivity index (χ4n) is 5.08. The largest absolute Gasteiger partial charge is 0.488 e. The first-order valence-electron chi connectivity index (χ1n) is 12.9. The summed E-state index contributed by atoms with van der Waals surface area (Å²) in [6.45, 7) is 1.17. The maximum Gasteiger partial charge on any atom is 0.488 e. The molecular formula is C26H30BClN4O6S. The second kappa shape index (κ2) is 11.7. The summed E-state index contributed by atoms with van der Waals surface area (Å²) >= 11 is 6.14. The van der Waals surface area contributed by atoms with Gasteiger partial charge in [0.1, 0.15) is 5.69 Å². The fourth-order valence-corrected chi connectivity index (χ4v) is 6.77. The lowest BCUT2D eigenvalue weighted by Crippen LogP contribution is -2.49. The molecule has 2 heterocycles. The van der Waals surface area contributed by atoms with Crippen LogP contribution in [0.15, 0.2) is 59.5 Å². The zero-order valence-electron chi connectivity index (χ0n) is 21.3. The van der Waals surface area contributed by atoms with Gasteiger partial charge in [-0.3, -0.25) is 4.79 Å². The van der Waals surface area contributed by atoms with Crippen LogP contribution in [0.1, 0.15) is 31.2 Å². The lowest BCUT2D eigenvalue weighted by atomic mass is 9.80. The molecule has 0 amide bonds. The summed E-state index contributed by atoms with van der Waals surface area (Å²) in [7, 11) is -5.32. The highest BCUT2D eigenvalue weighted by Gasteiger charge is 2.31. The first-order chi connectivity index (χ1) is 18.7.